The molecule has 0 unspecified atom stereocenters. The van der Waals surface area contributed by atoms with Gasteiger partial charge in [0.25, 0.3) is 0 Å². The van der Waals surface area contributed by atoms with Gasteiger partial charge in [-0.3, -0.25) is 0 Å². The first-order valence-corrected chi connectivity index (χ1v) is 6.60. The lowest BCUT2D eigenvalue weighted by atomic mass is 10.1. The largest absolute Gasteiger partial charge is 0.506 e. The third kappa shape index (κ3) is 2.38. The summed E-state index contributed by atoms with van der Waals surface area (Å²) in [5.74, 6) is -0.269. The molecular weight excluding hydrogens is 293 g/mol. The van der Waals surface area contributed by atoms with E-state index < -0.39 is 5.82 Å². The Bertz CT molecular complexity index is 836. The standard InChI is InChI=1S/C16H11ClFNO2/c1-21-15-4-2-3-9-5-6-13(19-16(9)15)10-7-11(17)14(20)8-12(10)18/h2-8,20H,1H3. The Morgan fingerprint density at radius 3 is 2.76 bits per heavy atom. The second-order valence-electron chi connectivity index (χ2n) is 4.51. The van der Waals surface area contributed by atoms with Gasteiger partial charge in [0.15, 0.2) is 0 Å². The van der Waals surface area contributed by atoms with Crippen molar-refractivity contribution in [1.29, 1.82) is 0 Å². The quantitative estimate of drug-likeness (QED) is 0.762. The van der Waals surface area contributed by atoms with Gasteiger partial charge in [-0.05, 0) is 18.2 Å². The molecule has 0 aliphatic rings. The van der Waals surface area contributed by atoms with Gasteiger partial charge in [-0.1, -0.05) is 29.8 Å². The molecule has 1 N–H and O–H groups in total. The van der Waals surface area contributed by atoms with E-state index in [1.54, 1.807) is 19.2 Å². The van der Waals surface area contributed by atoms with E-state index in [1.807, 2.05) is 18.2 Å². The molecule has 0 amide bonds. The zero-order valence-electron chi connectivity index (χ0n) is 11.1. The topological polar surface area (TPSA) is 42.4 Å². The lowest BCUT2D eigenvalue weighted by Gasteiger charge is -2.08. The molecule has 21 heavy (non-hydrogen) atoms. The molecule has 0 saturated carbocycles. The zero-order valence-corrected chi connectivity index (χ0v) is 11.9. The number of benzene rings is 2. The van der Waals surface area contributed by atoms with Crippen molar-refractivity contribution in [3.63, 3.8) is 0 Å². The second-order valence-corrected chi connectivity index (χ2v) is 4.92. The average Bonchev–Trinajstić information content (AvgIpc) is 2.49. The smallest absolute Gasteiger partial charge is 0.145 e. The molecule has 0 bridgehead atoms. The summed E-state index contributed by atoms with van der Waals surface area (Å²) in [6, 6.07) is 11.4. The van der Waals surface area contributed by atoms with Gasteiger partial charge in [0.2, 0.25) is 0 Å². The van der Waals surface area contributed by atoms with E-state index in [2.05, 4.69) is 4.98 Å². The third-order valence-electron chi connectivity index (χ3n) is 3.22. The minimum atomic E-state index is -0.585. The van der Waals surface area contributed by atoms with Crippen molar-refractivity contribution in [2.75, 3.05) is 7.11 Å². The number of pyridine rings is 1. The van der Waals surface area contributed by atoms with Crippen LogP contribution in [0.5, 0.6) is 11.5 Å². The van der Waals surface area contributed by atoms with Crippen molar-refractivity contribution in [2.24, 2.45) is 0 Å². The summed E-state index contributed by atoms with van der Waals surface area (Å²) in [6.07, 6.45) is 0. The Labute approximate surface area is 125 Å². The van der Waals surface area contributed by atoms with E-state index in [4.69, 9.17) is 16.3 Å². The number of aromatic hydroxyl groups is 1. The number of phenols is 1. The van der Waals surface area contributed by atoms with Crippen LogP contribution in [0.4, 0.5) is 4.39 Å². The Hall–Kier alpha value is -2.33. The van der Waals surface area contributed by atoms with Crippen LogP contribution in [-0.4, -0.2) is 17.2 Å². The fraction of sp³-hybridized carbons (Fsp3) is 0.0625. The van der Waals surface area contributed by atoms with E-state index in [0.717, 1.165) is 11.5 Å². The van der Waals surface area contributed by atoms with E-state index in [0.29, 0.717) is 17.0 Å². The predicted molar refractivity (Wildman–Crippen MR) is 80.4 cm³/mol. The number of fused-ring (bicyclic) bond motifs is 1. The van der Waals surface area contributed by atoms with Crippen LogP contribution in [0.3, 0.4) is 0 Å². The third-order valence-corrected chi connectivity index (χ3v) is 3.52. The molecule has 0 aliphatic heterocycles. The fourth-order valence-corrected chi connectivity index (χ4v) is 2.33. The molecule has 1 heterocycles. The van der Waals surface area contributed by atoms with Crippen LogP contribution < -0.4 is 4.74 Å². The minimum Gasteiger partial charge on any atom is -0.506 e. The van der Waals surface area contributed by atoms with Crippen LogP contribution in [0.25, 0.3) is 22.2 Å². The number of hydrogen-bond acceptors (Lipinski definition) is 3. The monoisotopic (exact) mass is 303 g/mol. The van der Waals surface area contributed by atoms with Crippen molar-refractivity contribution < 1.29 is 14.2 Å². The van der Waals surface area contributed by atoms with Gasteiger partial charge in [0.05, 0.1) is 17.8 Å². The number of rotatable bonds is 2. The summed E-state index contributed by atoms with van der Waals surface area (Å²) in [7, 11) is 1.56. The molecular formula is C16H11ClFNO2. The number of methoxy groups -OCH3 is 1. The maximum Gasteiger partial charge on any atom is 0.145 e. The van der Waals surface area contributed by atoms with Crippen LogP contribution in [0.15, 0.2) is 42.5 Å². The van der Waals surface area contributed by atoms with Crippen LogP contribution in [-0.2, 0) is 0 Å². The second kappa shape index (κ2) is 5.22. The Morgan fingerprint density at radius 2 is 2.00 bits per heavy atom. The van der Waals surface area contributed by atoms with Gasteiger partial charge >= 0.3 is 0 Å². The number of para-hydroxylation sites is 1. The predicted octanol–water partition coefficient (Wildman–Crippen LogP) is 4.41. The number of halogens is 2. The Balaban J connectivity index is 2.24. The number of phenolic OH excluding ortho intramolecular Hbond substituents is 1. The minimum absolute atomic E-state index is 0.0772. The molecule has 3 rings (SSSR count). The molecule has 1 aromatic heterocycles. The highest BCUT2D eigenvalue weighted by Gasteiger charge is 2.12. The van der Waals surface area contributed by atoms with Crippen molar-refractivity contribution in [3.05, 3.63) is 53.3 Å². The molecule has 0 fully saturated rings. The maximum absolute atomic E-state index is 14.0. The first-order valence-electron chi connectivity index (χ1n) is 6.22. The first kappa shape index (κ1) is 13.6. The van der Waals surface area contributed by atoms with Crippen molar-refractivity contribution in [2.45, 2.75) is 0 Å². The van der Waals surface area contributed by atoms with Gasteiger partial charge in [0.1, 0.15) is 22.8 Å². The van der Waals surface area contributed by atoms with E-state index in [-0.39, 0.29) is 16.3 Å². The van der Waals surface area contributed by atoms with Gasteiger partial charge in [-0.15, -0.1) is 0 Å². The summed E-state index contributed by atoms with van der Waals surface area (Å²) in [5.41, 5.74) is 1.29. The van der Waals surface area contributed by atoms with Crippen LogP contribution in [0.2, 0.25) is 5.02 Å². The van der Waals surface area contributed by atoms with Gasteiger partial charge in [0, 0.05) is 17.0 Å². The maximum atomic E-state index is 14.0. The lowest BCUT2D eigenvalue weighted by Crippen LogP contribution is -1.92. The lowest BCUT2D eigenvalue weighted by molar-refractivity contribution is 0.419. The Kier molecular flexibility index (Phi) is 3.39. The number of aromatic nitrogens is 1. The SMILES string of the molecule is COc1cccc2ccc(-c3cc(Cl)c(O)cc3F)nc12. The normalized spacial score (nSPS) is 10.8. The number of hydrogen-bond donors (Lipinski definition) is 1. The summed E-state index contributed by atoms with van der Waals surface area (Å²) in [4.78, 5) is 4.44. The molecule has 0 radical (unpaired) electrons. The highest BCUT2D eigenvalue weighted by molar-refractivity contribution is 6.32. The summed E-state index contributed by atoms with van der Waals surface area (Å²) >= 11 is 5.84. The highest BCUT2D eigenvalue weighted by Crippen LogP contribution is 2.33. The number of nitrogens with zero attached hydrogens (tertiary/aromatic N) is 1. The van der Waals surface area contributed by atoms with Gasteiger partial charge < -0.3 is 9.84 Å². The molecule has 5 heteroatoms. The zero-order chi connectivity index (χ0) is 15.0. The molecule has 0 spiro atoms. The van der Waals surface area contributed by atoms with Gasteiger partial charge in [-0.25, -0.2) is 9.37 Å². The molecule has 3 nitrogen and oxygen atoms in total. The molecule has 0 aliphatic carbocycles. The van der Waals surface area contributed by atoms with E-state index in [1.165, 1.54) is 6.07 Å². The molecule has 2 aromatic carbocycles. The molecule has 0 atom stereocenters. The van der Waals surface area contributed by atoms with Crippen molar-refractivity contribution >= 4 is 22.5 Å². The average molecular weight is 304 g/mol. The Morgan fingerprint density at radius 1 is 1.19 bits per heavy atom. The van der Waals surface area contributed by atoms with E-state index >= 15 is 0 Å². The highest BCUT2D eigenvalue weighted by atomic mass is 35.5. The summed E-state index contributed by atoms with van der Waals surface area (Å²) in [5, 5.41) is 10.4. The van der Waals surface area contributed by atoms with E-state index in [9.17, 15) is 9.50 Å². The first-order chi connectivity index (χ1) is 10.1. The van der Waals surface area contributed by atoms with Crippen molar-refractivity contribution in [3.8, 4) is 22.8 Å². The van der Waals surface area contributed by atoms with Gasteiger partial charge in [-0.2, -0.15) is 0 Å². The van der Waals surface area contributed by atoms with Crippen LogP contribution in [0, 0.1) is 5.82 Å². The molecule has 106 valence electrons. The number of ether oxygens (including phenoxy) is 1. The fourth-order valence-electron chi connectivity index (χ4n) is 2.17. The van der Waals surface area contributed by atoms with Crippen LogP contribution in [0.1, 0.15) is 0 Å². The summed E-state index contributed by atoms with van der Waals surface area (Å²) in [6.45, 7) is 0. The van der Waals surface area contributed by atoms with Crippen molar-refractivity contribution in [1.82, 2.24) is 4.98 Å². The molecule has 3 aromatic rings. The van der Waals surface area contributed by atoms with Crippen LogP contribution >= 0.6 is 11.6 Å². The summed E-state index contributed by atoms with van der Waals surface area (Å²) < 4.78 is 19.3. The molecule has 0 saturated heterocycles.